The number of aromatic nitrogens is 6. The van der Waals surface area contributed by atoms with E-state index < -0.39 is 94.4 Å². The molecule has 2 fully saturated rings. The topological polar surface area (TPSA) is 317 Å². The Morgan fingerprint density at radius 3 is 2.39 bits per heavy atom. The van der Waals surface area contributed by atoms with Crippen LogP contribution in [0.25, 0.3) is 11.4 Å². The van der Waals surface area contributed by atoms with Gasteiger partial charge in [-0.25, -0.2) is 19.4 Å². The van der Waals surface area contributed by atoms with Crippen molar-refractivity contribution in [2.24, 2.45) is 5.73 Å². The summed E-state index contributed by atoms with van der Waals surface area (Å²) < 4.78 is 1.01. The average molecular weight is 874 g/mol. The Hall–Kier alpha value is -6.60. The van der Waals surface area contributed by atoms with Crippen LogP contribution in [0.2, 0.25) is 0 Å². The second kappa shape index (κ2) is 17.6. The number of rotatable bonds is 13. The lowest BCUT2D eigenvalue weighted by Gasteiger charge is -2.52. The molecule has 5 amide bonds. The van der Waals surface area contributed by atoms with E-state index in [4.69, 9.17) is 10.8 Å². The van der Waals surface area contributed by atoms with Crippen LogP contribution in [0.1, 0.15) is 35.3 Å². The number of fused-ring (bicyclic) bond motifs is 1. The number of β-lactam (4-membered cyclic amide) rings is 1. The van der Waals surface area contributed by atoms with Gasteiger partial charge in [0, 0.05) is 30.2 Å². The number of hydrogen-bond acceptors (Lipinski definition) is 17. The van der Waals surface area contributed by atoms with E-state index in [0.717, 1.165) is 44.2 Å². The molecule has 0 bridgehead atoms. The van der Waals surface area contributed by atoms with Gasteiger partial charge in [-0.15, -0.1) is 16.9 Å². The SMILES string of the molecule is CC(=O)N(C(=O)[C@H]1NCCC1O)c1ccc(-c2ncc(C(=O)N(C(=O)C(N)c3ccccc3)C3C(=O)N4C(C(=O)O)=C(CSc5nnnn5CC(=O)O)CS[C@@H]34)c(=O)[nH]2)cc1. The van der Waals surface area contributed by atoms with Gasteiger partial charge in [-0.2, -0.15) is 0 Å². The Morgan fingerprint density at radius 1 is 1.05 bits per heavy atom. The van der Waals surface area contributed by atoms with Gasteiger partial charge in [-0.3, -0.25) is 43.4 Å². The summed E-state index contributed by atoms with van der Waals surface area (Å²) in [6.07, 6.45) is 0.289. The molecule has 316 valence electrons. The van der Waals surface area contributed by atoms with Crippen LogP contribution in [0, 0.1) is 0 Å². The van der Waals surface area contributed by atoms with E-state index in [1.165, 1.54) is 43.3 Å². The Bertz CT molecular complexity index is 2530. The van der Waals surface area contributed by atoms with Gasteiger partial charge in [-0.05, 0) is 58.8 Å². The Balaban J connectivity index is 1.16. The van der Waals surface area contributed by atoms with Gasteiger partial charge in [0.15, 0.2) is 0 Å². The first kappa shape index (κ1) is 42.5. The predicted octanol–water partition coefficient (Wildman–Crippen LogP) is -0.806. The minimum Gasteiger partial charge on any atom is -0.480 e. The van der Waals surface area contributed by atoms with Crippen LogP contribution in [-0.2, 0) is 35.3 Å². The van der Waals surface area contributed by atoms with E-state index in [0.29, 0.717) is 23.4 Å². The van der Waals surface area contributed by atoms with Gasteiger partial charge >= 0.3 is 11.9 Å². The van der Waals surface area contributed by atoms with E-state index in [-0.39, 0.29) is 39.3 Å². The molecule has 7 rings (SSSR count). The van der Waals surface area contributed by atoms with Crippen molar-refractivity contribution in [3.63, 3.8) is 0 Å². The van der Waals surface area contributed by atoms with Crippen LogP contribution in [0.4, 0.5) is 5.69 Å². The number of H-pyrrole nitrogens is 1. The number of carbonyl (C=O) groups excluding carboxylic acids is 5. The molecule has 22 nitrogen and oxygen atoms in total. The van der Waals surface area contributed by atoms with Gasteiger partial charge in [0.2, 0.25) is 11.1 Å². The molecule has 24 heteroatoms. The summed E-state index contributed by atoms with van der Waals surface area (Å²) in [5.41, 5.74) is 5.36. The number of nitrogens with two attached hydrogens (primary N) is 1. The molecule has 5 heterocycles. The molecule has 3 unspecified atom stereocenters. The molecule has 0 aliphatic carbocycles. The van der Waals surface area contributed by atoms with Gasteiger partial charge in [0.05, 0.1) is 11.8 Å². The highest BCUT2D eigenvalue weighted by molar-refractivity contribution is 8.01. The van der Waals surface area contributed by atoms with Crippen LogP contribution in [0.3, 0.4) is 0 Å². The standard InChI is InChI=1S/C37H35N11O11S2/c1-17(49)46(33(56)26-23(50)11-12-39-26)21-9-7-19(8-10-21)29-40-13-22(30(53)41-29)31(54)47(32(55)25(38)18-5-3-2-4-6-18)28-34(57)48-27(36(58)59)20(15-60-35(28)48)16-61-37-42-43-44-45(37)14-24(51)52/h2-10,13,23,25-26,28,35,39,50H,11-12,14-16,38H2,1H3,(H,51,52)(H,58,59)(H,40,41,53)/t23?,25?,26-,28?,35-/m0/s1. The number of carboxylic acid groups (broad SMARTS) is 2. The summed E-state index contributed by atoms with van der Waals surface area (Å²) in [6.45, 7) is 1.05. The molecule has 4 aromatic rings. The van der Waals surface area contributed by atoms with Gasteiger partial charge in [0.25, 0.3) is 29.2 Å². The number of aliphatic carboxylic acids is 2. The summed E-state index contributed by atoms with van der Waals surface area (Å²) in [5.74, 6) is -7.21. The number of aliphatic hydroxyl groups is 1. The van der Waals surface area contributed by atoms with Crippen LogP contribution < -0.4 is 21.5 Å². The summed E-state index contributed by atoms with van der Waals surface area (Å²) in [6, 6.07) is 9.70. The van der Waals surface area contributed by atoms with Gasteiger partial charge in [-0.1, -0.05) is 42.1 Å². The number of carbonyl (C=O) groups is 7. The molecule has 2 saturated heterocycles. The van der Waals surface area contributed by atoms with Crippen molar-refractivity contribution in [1.29, 1.82) is 0 Å². The Labute approximate surface area is 352 Å². The molecular weight excluding hydrogens is 839 g/mol. The molecule has 3 aliphatic rings. The van der Waals surface area contributed by atoms with Crippen molar-refractivity contribution in [1.82, 2.24) is 45.3 Å². The second-order valence-corrected chi connectivity index (χ2v) is 15.9. The number of anilines is 1. The van der Waals surface area contributed by atoms with Crippen molar-refractivity contribution < 1.29 is 48.9 Å². The fourth-order valence-corrected chi connectivity index (χ4v) is 9.42. The molecule has 2 aromatic carbocycles. The first-order chi connectivity index (χ1) is 29.2. The summed E-state index contributed by atoms with van der Waals surface area (Å²) in [4.78, 5) is 115. The summed E-state index contributed by atoms with van der Waals surface area (Å²) >= 11 is 2.01. The molecule has 3 aliphatic heterocycles. The van der Waals surface area contributed by atoms with Crippen LogP contribution in [-0.4, -0.2) is 138 Å². The summed E-state index contributed by atoms with van der Waals surface area (Å²) in [5, 5.41) is 42.4. The number of imide groups is 2. The van der Waals surface area contributed by atoms with Crippen molar-refractivity contribution in [2.75, 3.05) is 23.0 Å². The maximum absolute atomic E-state index is 14.4. The van der Waals surface area contributed by atoms with E-state index in [1.807, 2.05) is 0 Å². The zero-order valence-electron chi connectivity index (χ0n) is 31.8. The molecule has 0 saturated carbocycles. The molecule has 2 aromatic heterocycles. The van der Waals surface area contributed by atoms with Crippen LogP contribution in [0.15, 0.2) is 82.0 Å². The second-order valence-electron chi connectivity index (χ2n) is 13.8. The lowest BCUT2D eigenvalue weighted by Crippen LogP contribution is -2.73. The molecular formula is C37H35N11O11S2. The Kier molecular flexibility index (Phi) is 12.2. The largest absolute Gasteiger partial charge is 0.480 e. The van der Waals surface area contributed by atoms with Gasteiger partial charge < -0.3 is 31.4 Å². The zero-order chi connectivity index (χ0) is 43.7. The number of nitrogens with zero attached hydrogens (tertiary/aromatic N) is 8. The number of carboxylic acids is 2. The van der Waals surface area contributed by atoms with E-state index >= 15 is 0 Å². The maximum Gasteiger partial charge on any atom is 0.352 e. The number of hydrogen-bond donors (Lipinski definition) is 6. The highest BCUT2D eigenvalue weighted by Crippen LogP contribution is 2.44. The quantitative estimate of drug-likeness (QED) is 0.0707. The van der Waals surface area contributed by atoms with E-state index in [1.54, 1.807) is 18.2 Å². The van der Waals surface area contributed by atoms with E-state index in [2.05, 4.69) is 30.8 Å². The minimum atomic E-state index is -1.59. The Morgan fingerprint density at radius 2 is 1.77 bits per heavy atom. The number of aliphatic hydroxyl groups excluding tert-OH is 1. The molecule has 61 heavy (non-hydrogen) atoms. The third kappa shape index (κ3) is 8.30. The monoisotopic (exact) mass is 873 g/mol. The average Bonchev–Trinajstić information content (AvgIpc) is 3.88. The number of nitrogens with one attached hydrogen (secondary N) is 2. The maximum atomic E-state index is 14.4. The fourth-order valence-electron chi connectivity index (χ4n) is 7.01. The number of amides is 5. The summed E-state index contributed by atoms with van der Waals surface area (Å²) in [7, 11) is 0. The molecule has 0 spiro atoms. The third-order valence-electron chi connectivity index (χ3n) is 9.96. The van der Waals surface area contributed by atoms with Crippen LogP contribution in [0.5, 0.6) is 0 Å². The van der Waals surface area contributed by atoms with Crippen molar-refractivity contribution in [3.8, 4) is 11.4 Å². The number of aromatic amines is 1. The highest BCUT2D eigenvalue weighted by atomic mass is 32.2. The van der Waals surface area contributed by atoms with Gasteiger partial charge in [0.1, 0.15) is 47.1 Å². The van der Waals surface area contributed by atoms with Crippen molar-refractivity contribution >= 4 is 70.7 Å². The number of thioether (sulfide) groups is 2. The molecule has 5 atom stereocenters. The number of benzene rings is 2. The third-order valence-corrected chi connectivity index (χ3v) is 12.3. The molecule has 7 N–H and O–H groups in total. The highest BCUT2D eigenvalue weighted by Gasteiger charge is 2.59. The fraction of sp³-hybridized carbons (Fsp3) is 0.297. The zero-order valence-corrected chi connectivity index (χ0v) is 33.4. The lowest BCUT2D eigenvalue weighted by molar-refractivity contribution is -0.157. The smallest absolute Gasteiger partial charge is 0.352 e. The van der Waals surface area contributed by atoms with Crippen LogP contribution >= 0.6 is 23.5 Å². The lowest BCUT2D eigenvalue weighted by atomic mass is 9.98. The van der Waals surface area contributed by atoms with Crippen molar-refractivity contribution in [2.45, 2.75) is 54.6 Å². The predicted molar refractivity (Wildman–Crippen MR) is 213 cm³/mol. The van der Waals surface area contributed by atoms with Crippen molar-refractivity contribution in [3.05, 3.63) is 93.5 Å². The first-order valence-electron chi connectivity index (χ1n) is 18.3. The number of tetrazole rings is 1. The minimum absolute atomic E-state index is 0.00836. The normalized spacial score (nSPS) is 20.0. The van der Waals surface area contributed by atoms with E-state index in [9.17, 15) is 48.6 Å². The first-order valence-corrected chi connectivity index (χ1v) is 20.4. The molecule has 0 radical (unpaired) electrons.